The first kappa shape index (κ1) is 13.8. The highest BCUT2D eigenvalue weighted by Crippen LogP contribution is 2.34. The summed E-state index contributed by atoms with van der Waals surface area (Å²) >= 11 is 1.78. The van der Waals surface area contributed by atoms with Crippen molar-refractivity contribution in [2.75, 3.05) is 11.9 Å². The second kappa shape index (κ2) is 6.08. The van der Waals surface area contributed by atoms with Gasteiger partial charge in [0, 0.05) is 17.3 Å². The molecule has 1 saturated carbocycles. The van der Waals surface area contributed by atoms with Crippen LogP contribution in [0.4, 0.5) is 5.82 Å². The van der Waals surface area contributed by atoms with E-state index >= 15 is 0 Å². The van der Waals surface area contributed by atoms with Crippen LogP contribution in [0.25, 0.3) is 10.2 Å². The molecule has 0 unspecified atom stereocenters. The van der Waals surface area contributed by atoms with E-state index in [2.05, 4.69) is 25.2 Å². The van der Waals surface area contributed by atoms with Gasteiger partial charge < -0.3 is 5.32 Å². The van der Waals surface area contributed by atoms with Gasteiger partial charge in [0.2, 0.25) is 0 Å². The minimum atomic E-state index is 0.557. The molecule has 2 aromatic rings. The van der Waals surface area contributed by atoms with Crippen LogP contribution in [0.2, 0.25) is 0 Å². The zero-order valence-electron chi connectivity index (χ0n) is 12.4. The lowest BCUT2D eigenvalue weighted by Gasteiger charge is -2.14. The maximum absolute atomic E-state index is 4.87. The highest BCUT2D eigenvalue weighted by molar-refractivity contribution is 7.18. The quantitative estimate of drug-likeness (QED) is 0.819. The first-order valence-electron chi connectivity index (χ1n) is 7.80. The summed E-state index contributed by atoms with van der Waals surface area (Å²) in [5.74, 6) is 2.65. The summed E-state index contributed by atoms with van der Waals surface area (Å²) in [5.41, 5.74) is 0. The molecule has 1 aliphatic carbocycles. The molecule has 2 heterocycles. The number of hydrogen-bond acceptors (Lipinski definition) is 4. The van der Waals surface area contributed by atoms with Gasteiger partial charge in [-0.05, 0) is 32.8 Å². The van der Waals surface area contributed by atoms with Crippen molar-refractivity contribution in [2.24, 2.45) is 0 Å². The summed E-state index contributed by atoms with van der Waals surface area (Å²) in [7, 11) is 0. The van der Waals surface area contributed by atoms with E-state index in [4.69, 9.17) is 9.97 Å². The molecule has 0 spiro atoms. The Morgan fingerprint density at radius 3 is 2.65 bits per heavy atom. The fourth-order valence-electron chi connectivity index (χ4n) is 3.08. The number of rotatable bonds is 3. The zero-order valence-corrected chi connectivity index (χ0v) is 13.2. The summed E-state index contributed by atoms with van der Waals surface area (Å²) in [6, 6.07) is 2.20. The Morgan fingerprint density at radius 2 is 1.95 bits per heavy atom. The van der Waals surface area contributed by atoms with Gasteiger partial charge in [0.25, 0.3) is 0 Å². The fourth-order valence-corrected chi connectivity index (χ4v) is 3.97. The van der Waals surface area contributed by atoms with E-state index in [1.807, 2.05) is 0 Å². The Kier molecular flexibility index (Phi) is 4.20. The second-order valence-corrected chi connectivity index (χ2v) is 6.96. The molecule has 4 heteroatoms. The third kappa shape index (κ3) is 2.80. The van der Waals surface area contributed by atoms with Gasteiger partial charge >= 0.3 is 0 Å². The Hall–Kier alpha value is -1.16. The molecular weight excluding hydrogens is 266 g/mol. The second-order valence-electron chi connectivity index (χ2n) is 5.73. The molecule has 0 atom stereocenters. The van der Waals surface area contributed by atoms with E-state index < -0.39 is 0 Å². The van der Waals surface area contributed by atoms with E-state index in [0.29, 0.717) is 5.92 Å². The number of thiophene rings is 1. The third-order valence-electron chi connectivity index (χ3n) is 4.10. The van der Waals surface area contributed by atoms with Crippen LogP contribution in [0.5, 0.6) is 0 Å². The highest BCUT2D eigenvalue weighted by atomic mass is 32.1. The Balaban J connectivity index is 2.01. The Labute approximate surface area is 124 Å². The largest absolute Gasteiger partial charge is 0.370 e. The smallest absolute Gasteiger partial charge is 0.138 e. The zero-order chi connectivity index (χ0) is 13.9. The van der Waals surface area contributed by atoms with Gasteiger partial charge in [0.05, 0.1) is 5.39 Å². The van der Waals surface area contributed by atoms with Crippen LogP contribution < -0.4 is 5.32 Å². The number of hydrogen-bond donors (Lipinski definition) is 1. The normalized spacial score (nSPS) is 17.3. The lowest BCUT2D eigenvalue weighted by Crippen LogP contribution is -2.08. The summed E-state index contributed by atoms with van der Waals surface area (Å²) in [6.07, 6.45) is 7.90. The van der Waals surface area contributed by atoms with Crippen molar-refractivity contribution in [2.45, 2.75) is 58.3 Å². The molecule has 1 aliphatic rings. The van der Waals surface area contributed by atoms with Gasteiger partial charge in [-0.25, -0.2) is 9.97 Å². The van der Waals surface area contributed by atoms with E-state index in [0.717, 1.165) is 23.0 Å². The topological polar surface area (TPSA) is 37.8 Å². The predicted octanol–water partition coefficient (Wildman–Crippen LogP) is 4.87. The molecule has 0 saturated heterocycles. The monoisotopic (exact) mass is 289 g/mol. The van der Waals surface area contributed by atoms with Crippen LogP contribution in [0.1, 0.15) is 62.1 Å². The Bertz CT molecular complexity index is 583. The molecule has 0 radical (unpaired) electrons. The molecule has 0 aliphatic heterocycles. The van der Waals surface area contributed by atoms with E-state index in [9.17, 15) is 0 Å². The van der Waals surface area contributed by atoms with Crippen molar-refractivity contribution in [1.82, 2.24) is 9.97 Å². The van der Waals surface area contributed by atoms with Crippen LogP contribution in [0, 0.1) is 6.92 Å². The van der Waals surface area contributed by atoms with Crippen LogP contribution >= 0.6 is 11.3 Å². The standard InChI is InChI=1S/C16H23N3S/c1-3-17-15-13-10-11(2)20-16(13)19-14(18-15)12-8-6-4-5-7-9-12/h10,12H,3-9H2,1-2H3,(H,17,18,19). The molecule has 1 N–H and O–H groups in total. The summed E-state index contributed by atoms with van der Waals surface area (Å²) in [4.78, 5) is 12.2. The molecule has 3 nitrogen and oxygen atoms in total. The molecule has 3 rings (SSSR count). The van der Waals surface area contributed by atoms with Crippen molar-refractivity contribution in [3.05, 3.63) is 16.8 Å². The molecule has 0 bridgehead atoms. The lowest BCUT2D eigenvalue weighted by atomic mass is 9.99. The first-order chi connectivity index (χ1) is 9.78. The average Bonchev–Trinajstić information content (AvgIpc) is 2.65. The van der Waals surface area contributed by atoms with Crippen LogP contribution in [-0.2, 0) is 0 Å². The number of fused-ring (bicyclic) bond motifs is 1. The number of aromatic nitrogens is 2. The summed E-state index contributed by atoms with van der Waals surface area (Å²) in [6.45, 7) is 5.18. The van der Waals surface area contributed by atoms with Gasteiger partial charge in [-0.2, -0.15) is 0 Å². The molecule has 0 aromatic carbocycles. The number of nitrogens with zero attached hydrogens (tertiary/aromatic N) is 2. The van der Waals surface area contributed by atoms with Gasteiger partial charge in [-0.1, -0.05) is 25.7 Å². The number of aryl methyl sites for hydroxylation is 1. The van der Waals surface area contributed by atoms with Crippen LogP contribution in [0.15, 0.2) is 6.07 Å². The van der Waals surface area contributed by atoms with Crippen molar-refractivity contribution in [1.29, 1.82) is 0 Å². The minimum absolute atomic E-state index is 0.557. The fraction of sp³-hybridized carbons (Fsp3) is 0.625. The molecule has 108 valence electrons. The molecule has 2 aromatic heterocycles. The van der Waals surface area contributed by atoms with E-state index in [-0.39, 0.29) is 0 Å². The minimum Gasteiger partial charge on any atom is -0.370 e. The number of anilines is 1. The van der Waals surface area contributed by atoms with Crippen molar-refractivity contribution >= 4 is 27.4 Å². The third-order valence-corrected chi connectivity index (χ3v) is 5.04. The van der Waals surface area contributed by atoms with E-state index in [1.54, 1.807) is 11.3 Å². The van der Waals surface area contributed by atoms with Crippen molar-refractivity contribution in [3.63, 3.8) is 0 Å². The average molecular weight is 289 g/mol. The number of nitrogens with one attached hydrogen (secondary N) is 1. The molecular formula is C16H23N3S. The van der Waals surface area contributed by atoms with E-state index in [1.165, 1.54) is 48.8 Å². The van der Waals surface area contributed by atoms with Crippen molar-refractivity contribution in [3.8, 4) is 0 Å². The van der Waals surface area contributed by atoms with Gasteiger partial charge in [-0.3, -0.25) is 0 Å². The predicted molar refractivity (Wildman–Crippen MR) is 86.8 cm³/mol. The maximum Gasteiger partial charge on any atom is 0.138 e. The van der Waals surface area contributed by atoms with Crippen LogP contribution in [0.3, 0.4) is 0 Å². The summed E-state index contributed by atoms with van der Waals surface area (Å²) in [5, 5.41) is 4.60. The van der Waals surface area contributed by atoms with Gasteiger partial charge in [0.1, 0.15) is 16.5 Å². The van der Waals surface area contributed by atoms with Gasteiger partial charge in [0.15, 0.2) is 0 Å². The van der Waals surface area contributed by atoms with Crippen LogP contribution in [-0.4, -0.2) is 16.5 Å². The molecule has 20 heavy (non-hydrogen) atoms. The lowest BCUT2D eigenvalue weighted by molar-refractivity contribution is 0.563. The van der Waals surface area contributed by atoms with Crippen molar-refractivity contribution < 1.29 is 0 Å². The molecule has 1 fully saturated rings. The molecule has 0 amide bonds. The first-order valence-corrected chi connectivity index (χ1v) is 8.61. The Morgan fingerprint density at radius 1 is 1.20 bits per heavy atom. The SMILES string of the molecule is CCNc1nc(C2CCCCCC2)nc2sc(C)cc12. The maximum atomic E-state index is 4.87. The highest BCUT2D eigenvalue weighted by Gasteiger charge is 2.19. The summed E-state index contributed by atoms with van der Waals surface area (Å²) < 4.78 is 0. The van der Waals surface area contributed by atoms with Gasteiger partial charge in [-0.15, -0.1) is 11.3 Å².